The van der Waals surface area contributed by atoms with E-state index in [1.165, 1.54) is 0 Å². The number of hydrogen-bond donors (Lipinski definition) is 6. The highest BCUT2D eigenvalue weighted by Gasteiger charge is 2.49. The largest absolute Gasteiger partial charge is 0.390 e. The second kappa shape index (κ2) is 8.79. The van der Waals surface area contributed by atoms with Crippen molar-refractivity contribution in [2.75, 3.05) is 6.54 Å². The van der Waals surface area contributed by atoms with Crippen molar-refractivity contribution in [2.24, 2.45) is 21.7 Å². The van der Waals surface area contributed by atoms with Gasteiger partial charge in [-0.15, -0.1) is 0 Å². The summed E-state index contributed by atoms with van der Waals surface area (Å²) in [5.74, 6) is 0. The molecular weight excluding hydrogens is 352 g/mol. The number of hydrogen-bond acceptors (Lipinski definition) is 10. The van der Waals surface area contributed by atoms with Gasteiger partial charge in [-0.25, -0.2) is 0 Å². The summed E-state index contributed by atoms with van der Waals surface area (Å²) < 4.78 is 11.0. The van der Waals surface area contributed by atoms with Crippen molar-refractivity contribution < 1.29 is 29.9 Å². The van der Waals surface area contributed by atoms with E-state index in [0.717, 1.165) is 0 Å². The predicted molar refractivity (Wildman–Crippen MR) is 85.1 cm³/mol. The predicted octanol–water partition coefficient (Wildman–Crippen LogP) is -2.41. The van der Waals surface area contributed by atoms with Crippen molar-refractivity contribution in [3.63, 3.8) is 0 Å². The lowest BCUT2D eigenvalue weighted by Crippen LogP contribution is -2.64. The smallest absolute Gasteiger partial charge is 0.169 e. The number of aliphatic hydroxyl groups is 4. The van der Waals surface area contributed by atoms with Gasteiger partial charge in [-0.05, 0) is 17.5 Å². The standard InChI is InChI=1S/C12H22N8O6/c13-2-5-8(22)9(23)6(18-20-16)12(25-5)26-11-4(17-19-15)1-3(14)7(21)10(11)24/h3-12,21-24H,1-2,13-14H2/t3-,4+,5-,6-,7+,8-,9-,10-,11-,12?/m1/s1. The van der Waals surface area contributed by atoms with E-state index in [-0.39, 0.29) is 13.0 Å². The van der Waals surface area contributed by atoms with E-state index in [4.69, 9.17) is 32.0 Å². The van der Waals surface area contributed by atoms with E-state index < -0.39 is 61.0 Å². The fourth-order valence-electron chi connectivity index (χ4n) is 3.14. The number of aliphatic hydroxyl groups excluding tert-OH is 4. The molecule has 10 atom stereocenters. The van der Waals surface area contributed by atoms with E-state index in [9.17, 15) is 20.4 Å². The minimum atomic E-state index is -1.54. The van der Waals surface area contributed by atoms with Crippen LogP contribution < -0.4 is 11.5 Å². The molecule has 14 heteroatoms. The van der Waals surface area contributed by atoms with Gasteiger partial charge in [-0.2, -0.15) is 0 Å². The Morgan fingerprint density at radius 3 is 2.27 bits per heavy atom. The molecule has 0 bridgehead atoms. The van der Waals surface area contributed by atoms with Crippen LogP contribution in [-0.2, 0) is 9.47 Å². The maximum absolute atomic E-state index is 10.3. The third kappa shape index (κ3) is 4.00. The molecule has 0 amide bonds. The fraction of sp³-hybridized carbons (Fsp3) is 1.00. The highest BCUT2D eigenvalue weighted by atomic mass is 16.7. The maximum Gasteiger partial charge on any atom is 0.169 e. The molecule has 26 heavy (non-hydrogen) atoms. The lowest BCUT2D eigenvalue weighted by molar-refractivity contribution is -0.287. The molecule has 0 aromatic heterocycles. The van der Waals surface area contributed by atoms with Gasteiger partial charge in [-0.1, -0.05) is 10.2 Å². The van der Waals surface area contributed by atoms with Crippen LogP contribution in [0.5, 0.6) is 0 Å². The first kappa shape index (κ1) is 20.6. The van der Waals surface area contributed by atoms with E-state index in [0.29, 0.717) is 0 Å². The fourth-order valence-corrected chi connectivity index (χ4v) is 3.14. The number of nitrogens with two attached hydrogens (primary N) is 2. The average molecular weight is 374 g/mol. The lowest BCUT2D eigenvalue weighted by Gasteiger charge is -2.45. The summed E-state index contributed by atoms with van der Waals surface area (Å²) in [4.78, 5) is 5.26. The Morgan fingerprint density at radius 1 is 1.04 bits per heavy atom. The molecule has 0 aromatic rings. The highest BCUT2D eigenvalue weighted by molar-refractivity contribution is 5.01. The van der Waals surface area contributed by atoms with Gasteiger partial charge >= 0.3 is 0 Å². The average Bonchev–Trinajstić information content (AvgIpc) is 2.62. The van der Waals surface area contributed by atoms with Gasteiger partial charge in [0, 0.05) is 22.4 Å². The van der Waals surface area contributed by atoms with Crippen molar-refractivity contribution in [1.82, 2.24) is 0 Å². The molecule has 14 nitrogen and oxygen atoms in total. The van der Waals surface area contributed by atoms with Crippen LogP contribution in [0, 0.1) is 0 Å². The van der Waals surface area contributed by atoms with Crippen LogP contribution in [0.2, 0.25) is 0 Å². The quantitative estimate of drug-likeness (QED) is 0.171. The summed E-state index contributed by atoms with van der Waals surface area (Å²) in [6, 6.07) is -3.14. The summed E-state index contributed by atoms with van der Waals surface area (Å²) in [7, 11) is 0. The molecular formula is C12H22N8O6. The number of ether oxygens (including phenoxy) is 2. The zero-order valence-electron chi connectivity index (χ0n) is 13.6. The minimum Gasteiger partial charge on any atom is -0.390 e. The van der Waals surface area contributed by atoms with Crippen LogP contribution in [0.25, 0.3) is 20.9 Å². The topological polar surface area (TPSA) is 249 Å². The van der Waals surface area contributed by atoms with Gasteiger partial charge < -0.3 is 41.4 Å². The molecule has 1 aliphatic heterocycles. The van der Waals surface area contributed by atoms with Crippen LogP contribution in [-0.4, -0.2) is 88.0 Å². The first-order valence-electron chi connectivity index (χ1n) is 7.92. The second-order valence-electron chi connectivity index (χ2n) is 6.21. The summed E-state index contributed by atoms with van der Waals surface area (Å²) in [6.45, 7) is -0.165. The van der Waals surface area contributed by atoms with Crippen molar-refractivity contribution >= 4 is 0 Å². The van der Waals surface area contributed by atoms with Crippen LogP contribution in [0.3, 0.4) is 0 Å². The molecule has 0 radical (unpaired) electrons. The molecule has 1 heterocycles. The number of nitrogens with zero attached hydrogens (tertiary/aromatic N) is 6. The van der Waals surface area contributed by atoms with E-state index in [1.54, 1.807) is 0 Å². The molecule has 1 aliphatic carbocycles. The van der Waals surface area contributed by atoms with E-state index in [2.05, 4.69) is 20.1 Å². The highest BCUT2D eigenvalue weighted by Crippen LogP contribution is 2.30. The molecule has 1 saturated heterocycles. The van der Waals surface area contributed by atoms with Gasteiger partial charge in [0.05, 0.1) is 24.4 Å². The first-order chi connectivity index (χ1) is 12.3. The number of rotatable bonds is 5. The zero-order chi connectivity index (χ0) is 19.4. The molecule has 1 unspecified atom stereocenters. The Bertz CT molecular complexity index is 584. The Kier molecular flexibility index (Phi) is 6.97. The monoisotopic (exact) mass is 374 g/mol. The molecule has 2 aliphatic rings. The van der Waals surface area contributed by atoms with Gasteiger partial charge in [0.15, 0.2) is 6.29 Å². The third-order valence-electron chi connectivity index (χ3n) is 4.60. The Morgan fingerprint density at radius 2 is 1.69 bits per heavy atom. The molecule has 146 valence electrons. The van der Waals surface area contributed by atoms with Crippen LogP contribution in [0.15, 0.2) is 10.2 Å². The second-order valence-corrected chi connectivity index (χ2v) is 6.21. The lowest BCUT2D eigenvalue weighted by atomic mass is 9.84. The van der Waals surface area contributed by atoms with Gasteiger partial charge in [-0.3, -0.25) is 0 Å². The molecule has 2 rings (SSSR count). The van der Waals surface area contributed by atoms with E-state index in [1.807, 2.05) is 0 Å². The van der Waals surface area contributed by atoms with Crippen LogP contribution >= 0.6 is 0 Å². The van der Waals surface area contributed by atoms with Crippen molar-refractivity contribution in [1.29, 1.82) is 0 Å². The summed E-state index contributed by atoms with van der Waals surface area (Å²) in [5.41, 5.74) is 28.6. The van der Waals surface area contributed by atoms with Crippen molar-refractivity contribution in [3.8, 4) is 0 Å². The Hall–Kier alpha value is -1.70. The normalized spacial score (nSPS) is 46.1. The van der Waals surface area contributed by atoms with Gasteiger partial charge in [0.25, 0.3) is 0 Å². The van der Waals surface area contributed by atoms with E-state index >= 15 is 0 Å². The molecule has 0 spiro atoms. The Balaban J connectivity index is 2.28. The summed E-state index contributed by atoms with van der Waals surface area (Å²) >= 11 is 0. The summed E-state index contributed by atoms with van der Waals surface area (Å²) in [6.07, 6.45) is -9.48. The van der Waals surface area contributed by atoms with Crippen LogP contribution in [0.4, 0.5) is 0 Å². The first-order valence-corrected chi connectivity index (χ1v) is 7.92. The number of azide groups is 2. The van der Waals surface area contributed by atoms with Crippen molar-refractivity contribution in [2.45, 2.75) is 67.5 Å². The SMILES string of the molecule is [N-]=[N+]=N[C@H]1C[C@@H](N)[C@H](O)[C@@H](O)[C@@H]1OC1O[C@H](CN)[C@@H](O)[C@H](O)[C@H]1N=[N+]=[N-]. The van der Waals surface area contributed by atoms with Crippen molar-refractivity contribution in [3.05, 3.63) is 20.9 Å². The van der Waals surface area contributed by atoms with Crippen LogP contribution in [0.1, 0.15) is 6.42 Å². The molecule has 1 saturated carbocycles. The van der Waals surface area contributed by atoms with Gasteiger partial charge in [0.2, 0.25) is 0 Å². The summed E-state index contributed by atoms with van der Waals surface area (Å²) in [5, 5.41) is 47.2. The molecule has 8 N–H and O–H groups in total. The molecule has 2 fully saturated rings. The van der Waals surface area contributed by atoms with Gasteiger partial charge in [0.1, 0.15) is 24.4 Å². The zero-order valence-corrected chi connectivity index (χ0v) is 13.6. The molecule has 0 aromatic carbocycles. The maximum atomic E-state index is 10.3. The minimum absolute atomic E-state index is 0.0252. The third-order valence-corrected chi connectivity index (χ3v) is 4.60. The Labute approximate surface area is 147 Å².